The van der Waals surface area contributed by atoms with Crippen LogP contribution >= 0.6 is 11.3 Å². The molecule has 0 bridgehead atoms. The Morgan fingerprint density at radius 2 is 2.04 bits per heavy atom. The largest absolute Gasteiger partial charge is 0.480 e. The predicted octanol–water partition coefficient (Wildman–Crippen LogP) is -0.536. The summed E-state index contributed by atoms with van der Waals surface area (Å²) in [6.45, 7) is 2.05. The zero-order valence-electron chi connectivity index (χ0n) is 13.2. The first-order chi connectivity index (χ1) is 11.1. The van der Waals surface area contributed by atoms with Crippen molar-refractivity contribution in [2.45, 2.75) is 24.1 Å². The maximum atomic E-state index is 12.2. The van der Waals surface area contributed by atoms with Crippen LogP contribution in [-0.4, -0.2) is 61.9 Å². The first kappa shape index (κ1) is 20.1. The summed E-state index contributed by atoms with van der Waals surface area (Å²) >= 11 is 1.00. The Labute approximate surface area is 143 Å². The summed E-state index contributed by atoms with van der Waals surface area (Å²) < 4.78 is 26.2. The SMILES string of the molecule is CC(=O)NCCN(C(=O)CNS(=O)(=O)c1cccs1)C(C)C(=O)O. The zero-order chi connectivity index (χ0) is 18.3. The van der Waals surface area contributed by atoms with Gasteiger partial charge in [-0.15, -0.1) is 11.3 Å². The van der Waals surface area contributed by atoms with E-state index in [0.29, 0.717) is 0 Å². The number of nitrogens with zero attached hydrogens (tertiary/aromatic N) is 1. The summed E-state index contributed by atoms with van der Waals surface area (Å²) in [6.07, 6.45) is 0. The van der Waals surface area contributed by atoms with Gasteiger partial charge in [-0.1, -0.05) is 6.07 Å². The van der Waals surface area contributed by atoms with Crippen LogP contribution in [0.3, 0.4) is 0 Å². The summed E-state index contributed by atoms with van der Waals surface area (Å²) in [5.74, 6) is -2.24. The Bertz CT molecular complexity index is 687. The minimum absolute atomic E-state index is 0.0490. The van der Waals surface area contributed by atoms with Crippen molar-refractivity contribution >= 4 is 39.1 Å². The number of hydrogen-bond donors (Lipinski definition) is 3. The lowest BCUT2D eigenvalue weighted by Gasteiger charge is -2.26. The third-order valence-corrected chi connectivity index (χ3v) is 5.84. The Balaban J connectivity index is 2.73. The van der Waals surface area contributed by atoms with E-state index in [9.17, 15) is 22.8 Å². The minimum atomic E-state index is -3.82. The van der Waals surface area contributed by atoms with Crippen molar-refractivity contribution in [3.63, 3.8) is 0 Å². The predicted molar refractivity (Wildman–Crippen MR) is 87.0 cm³/mol. The number of carboxylic acids is 1. The molecule has 0 saturated heterocycles. The fraction of sp³-hybridized carbons (Fsp3) is 0.462. The highest BCUT2D eigenvalue weighted by Gasteiger charge is 2.26. The van der Waals surface area contributed by atoms with Gasteiger partial charge in [0.05, 0.1) is 6.54 Å². The molecule has 0 aliphatic heterocycles. The van der Waals surface area contributed by atoms with E-state index >= 15 is 0 Å². The molecule has 0 spiro atoms. The van der Waals surface area contributed by atoms with Crippen LogP contribution in [0, 0.1) is 0 Å². The molecule has 1 aromatic heterocycles. The Hall–Kier alpha value is -1.98. The van der Waals surface area contributed by atoms with Crippen molar-refractivity contribution in [2.24, 2.45) is 0 Å². The van der Waals surface area contributed by atoms with E-state index < -0.39 is 34.5 Å². The van der Waals surface area contributed by atoms with Crippen molar-refractivity contribution in [1.82, 2.24) is 14.9 Å². The third-order valence-electron chi connectivity index (χ3n) is 3.05. The number of thiophene rings is 1. The van der Waals surface area contributed by atoms with Gasteiger partial charge < -0.3 is 15.3 Å². The highest BCUT2D eigenvalue weighted by Crippen LogP contribution is 2.15. The molecule has 9 nitrogen and oxygen atoms in total. The fourth-order valence-corrected chi connectivity index (χ4v) is 3.78. The monoisotopic (exact) mass is 377 g/mol. The molecule has 0 aromatic carbocycles. The quantitative estimate of drug-likeness (QED) is 0.530. The first-order valence-corrected chi connectivity index (χ1v) is 9.31. The van der Waals surface area contributed by atoms with E-state index in [1.54, 1.807) is 11.4 Å². The molecule has 3 N–H and O–H groups in total. The third kappa shape index (κ3) is 5.91. The van der Waals surface area contributed by atoms with Crippen molar-refractivity contribution in [2.75, 3.05) is 19.6 Å². The van der Waals surface area contributed by atoms with Crippen molar-refractivity contribution in [3.05, 3.63) is 17.5 Å². The zero-order valence-corrected chi connectivity index (χ0v) is 14.8. The van der Waals surface area contributed by atoms with Gasteiger partial charge in [-0.05, 0) is 18.4 Å². The van der Waals surface area contributed by atoms with Crippen LogP contribution in [0.1, 0.15) is 13.8 Å². The number of carbonyl (C=O) groups is 3. The average molecular weight is 377 g/mol. The number of aliphatic carboxylic acids is 1. The molecule has 0 aliphatic rings. The molecular weight excluding hydrogens is 358 g/mol. The van der Waals surface area contributed by atoms with Gasteiger partial charge >= 0.3 is 5.97 Å². The molecule has 0 radical (unpaired) electrons. The molecule has 0 fully saturated rings. The van der Waals surface area contributed by atoms with Gasteiger partial charge in [0, 0.05) is 20.0 Å². The molecule has 1 rings (SSSR count). The summed E-state index contributed by atoms with van der Waals surface area (Å²) in [6, 6.07) is 1.80. The Kier molecular flexibility index (Phi) is 7.32. The van der Waals surface area contributed by atoms with Crippen LogP contribution in [-0.2, 0) is 24.4 Å². The second-order valence-corrected chi connectivity index (χ2v) is 7.78. The van der Waals surface area contributed by atoms with Gasteiger partial charge in [-0.3, -0.25) is 9.59 Å². The van der Waals surface area contributed by atoms with E-state index in [4.69, 9.17) is 5.11 Å². The molecule has 24 heavy (non-hydrogen) atoms. The van der Waals surface area contributed by atoms with E-state index in [2.05, 4.69) is 10.0 Å². The number of rotatable bonds is 9. The highest BCUT2D eigenvalue weighted by atomic mass is 32.2. The van der Waals surface area contributed by atoms with Gasteiger partial charge in [-0.25, -0.2) is 17.9 Å². The maximum absolute atomic E-state index is 12.2. The number of hydrogen-bond acceptors (Lipinski definition) is 6. The van der Waals surface area contributed by atoms with Gasteiger partial charge in [0.25, 0.3) is 10.0 Å². The van der Waals surface area contributed by atoms with Crippen molar-refractivity contribution in [1.29, 1.82) is 0 Å². The molecular formula is C13H19N3O6S2. The molecule has 1 atom stereocenters. The summed E-state index contributed by atoms with van der Waals surface area (Å²) in [7, 11) is -3.82. The second-order valence-electron chi connectivity index (χ2n) is 4.84. The molecule has 1 heterocycles. The van der Waals surface area contributed by atoms with E-state index in [-0.39, 0.29) is 23.2 Å². The van der Waals surface area contributed by atoms with Crippen LogP contribution < -0.4 is 10.0 Å². The number of nitrogens with one attached hydrogen (secondary N) is 2. The highest BCUT2D eigenvalue weighted by molar-refractivity contribution is 7.91. The molecule has 11 heteroatoms. The van der Waals surface area contributed by atoms with Crippen LogP contribution in [0.15, 0.2) is 21.7 Å². The van der Waals surface area contributed by atoms with E-state index in [0.717, 1.165) is 16.2 Å². The number of carbonyl (C=O) groups excluding carboxylic acids is 2. The lowest BCUT2D eigenvalue weighted by atomic mass is 10.2. The average Bonchev–Trinajstić information content (AvgIpc) is 3.03. The maximum Gasteiger partial charge on any atom is 0.326 e. The molecule has 1 unspecified atom stereocenters. The van der Waals surface area contributed by atoms with Gasteiger partial charge in [0.15, 0.2) is 0 Å². The van der Waals surface area contributed by atoms with Crippen LogP contribution in [0.2, 0.25) is 0 Å². The normalized spacial score (nSPS) is 12.4. The lowest BCUT2D eigenvalue weighted by molar-refractivity contribution is -0.148. The number of amides is 2. The lowest BCUT2D eigenvalue weighted by Crippen LogP contribution is -2.50. The summed E-state index contributed by atoms with van der Waals surface area (Å²) in [5, 5.41) is 13.1. The van der Waals surface area contributed by atoms with Gasteiger partial charge in [-0.2, -0.15) is 0 Å². The summed E-state index contributed by atoms with van der Waals surface area (Å²) in [5.41, 5.74) is 0. The van der Waals surface area contributed by atoms with Crippen molar-refractivity contribution < 1.29 is 27.9 Å². The van der Waals surface area contributed by atoms with Gasteiger partial charge in [0.1, 0.15) is 10.3 Å². The van der Waals surface area contributed by atoms with Crippen molar-refractivity contribution in [3.8, 4) is 0 Å². The topological polar surface area (TPSA) is 133 Å². The number of carboxylic acid groups (broad SMARTS) is 1. The van der Waals surface area contributed by atoms with Crippen LogP contribution in [0.25, 0.3) is 0 Å². The minimum Gasteiger partial charge on any atom is -0.480 e. The fourth-order valence-electron chi connectivity index (χ4n) is 1.77. The molecule has 0 saturated carbocycles. The van der Waals surface area contributed by atoms with Gasteiger partial charge in [0.2, 0.25) is 11.8 Å². The van der Waals surface area contributed by atoms with E-state index in [1.807, 2.05) is 0 Å². The molecule has 134 valence electrons. The number of sulfonamides is 1. The molecule has 0 aliphatic carbocycles. The van der Waals surface area contributed by atoms with Crippen LogP contribution in [0.5, 0.6) is 0 Å². The Morgan fingerprint density at radius 1 is 1.38 bits per heavy atom. The summed E-state index contributed by atoms with van der Waals surface area (Å²) in [4.78, 5) is 35.2. The smallest absolute Gasteiger partial charge is 0.326 e. The van der Waals surface area contributed by atoms with E-state index in [1.165, 1.54) is 19.9 Å². The second kappa shape index (κ2) is 8.76. The molecule has 2 amide bonds. The standard InChI is InChI=1S/C13H19N3O6S2/c1-9(13(19)20)16(6-5-14-10(2)17)11(18)8-15-24(21,22)12-4-3-7-23-12/h3-4,7,9,15H,5-6,8H2,1-2H3,(H,14,17)(H,19,20). The first-order valence-electron chi connectivity index (χ1n) is 6.95. The Morgan fingerprint density at radius 3 is 2.54 bits per heavy atom. The van der Waals surface area contributed by atoms with Crippen LogP contribution in [0.4, 0.5) is 0 Å². The molecule has 1 aromatic rings.